The Kier molecular flexibility index (Phi) is 3.38. The summed E-state index contributed by atoms with van der Waals surface area (Å²) in [6, 6.07) is 7.32. The molecule has 1 aromatic carbocycles. The number of amides is 1. The van der Waals surface area contributed by atoms with E-state index in [1.165, 1.54) is 19.3 Å². The minimum absolute atomic E-state index is 0.0121. The normalized spacial score (nSPS) is 39.7. The third-order valence-corrected chi connectivity index (χ3v) is 6.67. The molecule has 0 saturated heterocycles. The molecule has 0 radical (unpaired) electrons. The van der Waals surface area contributed by atoms with E-state index >= 15 is 0 Å². The second-order valence-corrected chi connectivity index (χ2v) is 9.75. The van der Waals surface area contributed by atoms with Gasteiger partial charge in [0, 0.05) is 16.7 Å². The second-order valence-electron chi connectivity index (χ2n) is 9.31. The van der Waals surface area contributed by atoms with Crippen LogP contribution in [-0.2, 0) is 0 Å². The van der Waals surface area contributed by atoms with E-state index in [-0.39, 0.29) is 11.4 Å². The fraction of sp³-hybridized carbons (Fsp3) is 0.600. The number of carbonyl (C=O) groups is 1. The van der Waals surface area contributed by atoms with Gasteiger partial charge in [-0.1, -0.05) is 38.2 Å². The molecule has 0 heterocycles. The molecule has 4 aliphatic carbocycles. The van der Waals surface area contributed by atoms with Gasteiger partial charge in [0.1, 0.15) is 4.99 Å². The van der Waals surface area contributed by atoms with Gasteiger partial charge in [0.05, 0.1) is 0 Å². The van der Waals surface area contributed by atoms with Gasteiger partial charge in [0.15, 0.2) is 0 Å². The summed E-state index contributed by atoms with van der Waals surface area (Å²) in [4.78, 5) is 13.2. The van der Waals surface area contributed by atoms with Crippen LogP contribution in [0.3, 0.4) is 0 Å². The zero-order chi connectivity index (χ0) is 17.2. The zero-order valence-corrected chi connectivity index (χ0v) is 15.3. The highest BCUT2D eigenvalue weighted by atomic mass is 32.1. The van der Waals surface area contributed by atoms with Crippen molar-refractivity contribution in [3.8, 4) is 0 Å². The Balaban J connectivity index is 1.56. The maximum absolute atomic E-state index is 12.8. The standard InChI is InChI=1S/C20H26N2OS/c1-18-7-13-8-19(2,10-18)12-20(9-13,11-18)22-17(23)15-5-3-14(4-6-15)16(21)24/h3-6,13H,7-12H2,1-2H3,(H2,21,24)(H,22,23)/t13?,18-,19+,20?. The molecule has 128 valence electrons. The fourth-order valence-corrected chi connectivity index (χ4v) is 6.82. The molecular formula is C20H26N2OS. The molecule has 4 atom stereocenters. The monoisotopic (exact) mass is 342 g/mol. The van der Waals surface area contributed by atoms with E-state index in [0.717, 1.165) is 30.7 Å². The molecule has 5 rings (SSSR count). The first-order valence-electron chi connectivity index (χ1n) is 8.93. The average Bonchev–Trinajstić information content (AvgIpc) is 2.42. The lowest BCUT2D eigenvalue weighted by molar-refractivity contribution is -0.114. The number of nitrogens with one attached hydrogen (secondary N) is 1. The molecule has 4 bridgehead atoms. The Bertz CT molecular complexity index is 693. The van der Waals surface area contributed by atoms with Crippen molar-refractivity contribution in [2.75, 3.05) is 0 Å². The summed E-state index contributed by atoms with van der Waals surface area (Å²) in [7, 11) is 0. The van der Waals surface area contributed by atoms with Crippen molar-refractivity contribution in [3.63, 3.8) is 0 Å². The van der Waals surface area contributed by atoms with Gasteiger partial charge in [-0.3, -0.25) is 4.79 Å². The molecule has 4 aliphatic rings. The average molecular weight is 343 g/mol. The second kappa shape index (κ2) is 5.04. The van der Waals surface area contributed by atoms with E-state index < -0.39 is 0 Å². The number of carbonyl (C=O) groups excluding carboxylic acids is 1. The van der Waals surface area contributed by atoms with Crippen molar-refractivity contribution in [3.05, 3.63) is 35.4 Å². The molecule has 1 amide bonds. The molecule has 0 aromatic heterocycles. The predicted octanol–water partition coefficient (Wildman–Crippen LogP) is 3.80. The molecule has 0 aliphatic heterocycles. The van der Waals surface area contributed by atoms with E-state index in [2.05, 4.69) is 19.2 Å². The van der Waals surface area contributed by atoms with Crippen LogP contribution < -0.4 is 11.1 Å². The van der Waals surface area contributed by atoms with Gasteiger partial charge in [-0.05, 0) is 67.4 Å². The van der Waals surface area contributed by atoms with Crippen LogP contribution in [-0.4, -0.2) is 16.4 Å². The van der Waals surface area contributed by atoms with Crippen LogP contribution in [0.1, 0.15) is 68.3 Å². The van der Waals surface area contributed by atoms with Crippen molar-refractivity contribution in [1.82, 2.24) is 5.32 Å². The Hall–Kier alpha value is -1.42. The van der Waals surface area contributed by atoms with Gasteiger partial charge in [0.25, 0.3) is 5.91 Å². The number of nitrogens with two attached hydrogens (primary N) is 1. The molecule has 2 unspecified atom stereocenters. The van der Waals surface area contributed by atoms with Gasteiger partial charge >= 0.3 is 0 Å². The largest absolute Gasteiger partial charge is 0.389 e. The van der Waals surface area contributed by atoms with Crippen LogP contribution in [0.4, 0.5) is 0 Å². The molecule has 0 spiro atoms. The first-order chi connectivity index (χ1) is 11.2. The topological polar surface area (TPSA) is 55.1 Å². The van der Waals surface area contributed by atoms with Crippen molar-refractivity contribution in [2.45, 2.75) is 57.9 Å². The number of hydrogen-bond acceptors (Lipinski definition) is 2. The van der Waals surface area contributed by atoms with Gasteiger partial charge in [-0.15, -0.1) is 0 Å². The van der Waals surface area contributed by atoms with Crippen molar-refractivity contribution < 1.29 is 4.79 Å². The summed E-state index contributed by atoms with van der Waals surface area (Å²) in [6.45, 7) is 4.85. The maximum atomic E-state index is 12.8. The quantitative estimate of drug-likeness (QED) is 0.822. The molecule has 4 heteroatoms. The number of thiocarbonyl (C=S) groups is 1. The lowest BCUT2D eigenvalue weighted by Crippen LogP contribution is -2.65. The van der Waals surface area contributed by atoms with E-state index in [0.29, 0.717) is 21.4 Å². The highest BCUT2D eigenvalue weighted by Gasteiger charge is 2.60. The fourth-order valence-electron chi connectivity index (χ4n) is 6.69. The summed E-state index contributed by atoms with van der Waals surface area (Å²) in [5.74, 6) is 0.812. The lowest BCUT2D eigenvalue weighted by Gasteiger charge is -2.65. The molecule has 3 nitrogen and oxygen atoms in total. The van der Waals surface area contributed by atoms with Crippen molar-refractivity contribution in [2.24, 2.45) is 22.5 Å². The third kappa shape index (κ3) is 2.65. The van der Waals surface area contributed by atoms with Gasteiger partial charge < -0.3 is 11.1 Å². The Morgan fingerprint density at radius 2 is 1.58 bits per heavy atom. The zero-order valence-electron chi connectivity index (χ0n) is 14.5. The van der Waals surface area contributed by atoms with Gasteiger partial charge in [-0.25, -0.2) is 0 Å². The van der Waals surface area contributed by atoms with Crippen LogP contribution in [0.2, 0.25) is 0 Å². The molecule has 1 aromatic rings. The van der Waals surface area contributed by atoms with E-state index in [1.807, 2.05) is 24.3 Å². The Morgan fingerprint density at radius 1 is 1.04 bits per heavy atom. The summed E-state index contributed by atoms with van der Waals surface area (Å²) >= 11 is 4.98. The van der Waals surface area contributed by atoms with E-state index in [4.69, 9.17) is 18.0 Å². The molecule has 4 saturated carbocycles. The van der Waals surface area contributed by atoms with Crippen LogP contribution in [0, 0.1) is 16.7 Å². The molecule has 4 fully saturated rings. The molecule has 24 heavy (non-hydrogen) atoms. The first-order valence-corrected chi connectivity index (χ1v) is 9.33. The van der Waals surface area contributed by atoms with E-state index in [9.17, 15) is 4.79 Å². The lowest BCUT2D eigenvalue weighted by atomic mass is 9.43. The highest BCUT2D eigenvalue weighted by Crippen LogP contribution is 2.66. The summed E-state index contributed by atoms with van der Waals surface area (Å²) < 4.78 is 0. The van der Waals surface area contributed by atoms with Gasteiger partial charge in [-0.2, -0.15) is 0 Å². The smallest absolute Gasteiger partial charge is 0.251 e. The van der Waals surface area contributed by atoms with E-state index in [1.54, 1.807) is 0 Å². The number of benzene rings is 1. The van der Waals surface area contributed by atoms with Gasteiger partial charge in [0.2, 0.25) is 0 Å². The Morgan fingerprint density at radius 3 is 2.08 bits per heavy atom. The van der Waals surface area contributed by atoms with Crippen LogP contribution in [0.15, 0.2) is 24.3 Å². The molecule has 3 N–H and O–H groups in total. The van der Waals surface area contributed by atoms with Crippen LogP contribution in [0.5, 0.6) is 0 Å². The summed E-state index contributed by atoms with van der Waals surface area (Å²) in [5.41, 5.74) is 7.92. The third-order valence-electron chi connectivity index (χ3n) is 6.44. The minimum atomic E-state index is -0.0121. The minimum Gasteiger partial charge on any atom is -0.389 e. The molecular weight excluding hydrogens is 316 g/mol. The number of rotatable bonds is 3. The van der Waals surface area contributed by atoms with Crippen molar-refractivity contribution in [1.29, 1.82) is 0 Å². The van der Waals surface area contributed by atoms with Crippen molar-refractivity contribution >= 4 is 23.1 Å². The van der Waals surface area contributed by atoms with Crippen LogP contribution in [0.25, 0.3) is 0 Å². The maximum Gasteiger partial charge on any atom is 0.251 e. The predicted molar refractivity (Wildman–Crippen MR) is 99.9 cm³/mol. The first kappa shape index (κ1) is 16.1. The highest BCUT2D eigenvalue weighted by molar-refractivity contribution is 7.80. The Labute approximate surface area is 149 Å². The summed E-state index contributed by atoms with van der Waals surface area (Å²) in [6.07, 6.45) is 7.39. The summed E-state index contributed by atoms with van der Waals surface area (Å²) in [5, 5.41) is 3.44. The SMILES string of the molecule is C[C@]12CC3CC(NC(=O)c4ccc(C(N)=S)cc4)(C1)C[C@@](C)(C3)C2. The number of hydrogen-bond donors (Lipinski definition) is 2. The van der Waals surface area contributed by atoms with Crippen LogP contribution >= 0.6 is 12.2 Å².